The van der Waals surface area contributed by atoms with Crippen LogP contribution in [0.5, 0.6) is 0 Å². The smallest absolute Gasteiger partial charge is 0.179 e. The molecule has 7 heteroatoms. The molecule has 3 heterocycles. The number of halogens is 1. The van der Waals surface area contributed by atoms with Gasteiger partial charge in [-0.15, -0.1) is 5.10 Å². The zero-order chi connectivity index (χ0) is 16.7. The normalized spacial score (nSPS) is 11.2. The van der Waals surface area contributed by atoms with Crippen LogP contribution in [0.3, 0.4) is 0 Å². The second-order valence-electron chi connectivity index (χ2n) is 5.48. The van der Waals surface area contributed by atoms with E-state index in [-0.39, 0.29) is 18.1 Å². The molecule has 0 bridgehead atoms. The summed E-state index contributed by atoms with van der Waals surface area (Å²) >= 11 is 0. The first-order chi connectivity index (χ1) is 11.6. The van der Waals surface area contributed by atoms with Gasteiger partial charge < -0.3 is 0 Å². The topological polar surface area (TPSA) is 73.6 Å². The molecule has 4 aromatic rings. The third-order valence-corrected chi connectivity index (χ3v) is 3.81. The van der Waals surface area contributed by atoms with Crippen LogP contribution in [0.4, 0.5) is 4.39 Å². The molecule has 0 atom stereocenters. The lowest BCUT2D eigenvalue weighted by Gasteiger charge is -2.06. The van der Waals surface area contributed by atoms with Crippen molar-refractivity contribution in [3.05, 3.63) is 59.7 Å². The highest BCUT2D eigenvalue weighted by Gasteiger charge is 2.12. The largest absolute Gasteiger partial charge is 0.293 e. The van der Waals surface area contributed by atoms with Gasteiger partial charge in [-0.05, 0) is 24.3 Å². The van der Waals surface area contributed by atoms with Crippen LogP contribution in [-0.4, -0.2) is 30.7 Å². The van der Waals surface area contributed by atoms with Crippen LogP contribution in [0, 0.1) is 5.82 Å². The number of Topliss-reactive ketones (excluding diaryl/α,β-unsaturated/α-hetero) is 1. The molecule has 6 nitrogen and oxygen atoms in total. The first-order valence-electron chi connectivity index (χ1n) is 7.36. The van der Waals surface area contributed by atoms with E-state index in [9.17, 15) is 9.18 Å². The quantitative estimate of drug-likeness (QED) is 0.542. The third kappa shape index (κ3) is 2.40. The van der Waals surface area contributed by atoms with Crippen molar-refractivity contribution < 1.29 is 9.18 Å². The van der Waals surface area contributed by atoms with Crippen molar-refractivity contribution in [2.45, 2.75) is 13.5 Å². The minimum atomic E-state index is -0.368. The molecule has 24 heavy (non-hydrogen) atoms. The molecule has 0 aliphatic carbocycles. The van der Waals surface area contributed by atoms with Crippen molar-refractivity contribution in [2.75, 3.05) is 0 Å². The monoisotopic (exact) mass is 321 g/mol. The van der Waals surface area contributed by atoms with Crippen LogP contribution >= 0.6 is 0 Å². The number of nitrogens with zero attached hydrogens (tertiary/aromatic N) is 5. The third-order valence-electron chi connectivity index (χ3n) is 3.81. The summed E-state index contributed by atoms with van der Waals surface area (Å²) in [5.74, 6) is -0.514. The number of pyridine rings is 2. The Bertz CT molecular complexity index is 1090. The van der Waals surface area contributed by atoms with Gasteiger partial charge in [0.2, 0.25) is 0 Å². The first kappa shape index (κ1) is 14.4. The number of ketones is 1. The van der Waals surface area contributed by atoms with Crippen molar-refractivity contribution in [1.29, 1.82) is 0 Å². The Balaban J connectivity index is 1.80. The number of rotatable bonds is 3. The summed E-state index contributed by atoms with van der Waals surface area (Å²) in [4.78, 5) is 19.9. The number of carbonyl (C=O) groups is 1. The van der Waals surface area contributed by atoms with E-state index in [4.69, 9.17) is 0 Å². The number of hydrogen-bond acceptors (Lipinski definition) is 5. The molecular formula is C17H12FN5O. The molecule has 0 aliphatic rings. The van der Waals surface area contributed by atoms with E-state index in [1.165, 1.54) is 17.7 Å². The highest BCUT2D eigenvalue weighted by Crippen LogP contribution is 2.19. The van der Waals surface area contributed by atoms with Crippen LogP contribution in [0.15, 0.2) is 42.6 Å². The molecule has 4 rings (SSSR count). The maximum absolute atomic E-state index is 14.3. The highest BCUT2D eigenvalue weighted by molar-refractivity contribution is 5.93. The molecule has 0 N–H and O–H groups in total. The van der Waals surface area contributed by atoms with Crippen LogP contribution in [-0.2, 0) is 6.54 Å². The van der Waals surface area contributed by atoms with Gasteiger partial charge in [-0.2, -0.15) is 0 Å². The maximum atomic E-state index is 14.3. The van der Waals surface area contributed by atoms with Gasteiger partial charge in [0.25, 0.3) is 0 Å². The first-order valence-corrected chi connectivity index (χ1v) is 7.36. The summed E-state index contributed by atoms with van der Waals surface area (Å²) in [5.41, 5.74) is 2.39. The second-order valence-corrected chi connectivity index (χ2v) is 5.48. The lowest BCUT2D eigenvalue weighted by Crippen LogP contribution is -2.06. The summed E-state index contributed by atoms with van der Waals surface area (Å²) in [5, 5.41) is 8.88. The van der Waals surface area contributed by atoms with Gasteiger partial charge in [0, 0.05) is 30.1 Å². The number of aromatic nitrogens is 5. The van der Waals surface area contributed by atoms with E-state index < -0.39 is 0 Å². The Morgan fingerprint density at radius 2 is 2.08 bits per heavy atom. The molecule has 0 aliphatic heterocycles. The van der Waals surface area contributed by atoms with E-state index in [0.717, 1.165) is 5.39 Å². The van der Waals surface area contributed by atoms with Gasteiger partial charge in [0.1, 0.15) is 17.0 Å². The van der Waals surface area contributed by atoms with Gasteiger partial charge in [0.15, 0.2) is 11.4 Å². The fraction of sp³-hybridized carbons (Fsp3) is 0.118. The predicted octanol–water partition coefficient (Wildman–Crippen LogP) is 2.76. The molecule has 0 amide bonds. The zero-order valence-corrected chi connectivity index (χ0v) is 12.8. The molecule has 0 radical (unpaired) electrons. The van der Waals surface area contributed by atoms with Gasteiger partial charge in [0.05, 0.1) is 12.1 Å². The predicted molar refractivity (Wildman–Crippen MR) is 86.1 cm³/mol. The standard InChI is InChI=1S/C17H12FN5O/c1-10(24)14-4-5-15-17(20-14)23(22-21-15)9-12-7-11-3-2-6-19-16(11)8-13(12)18/h2-8H,9H2,1H3. The summed E-state index contributed by atoms with van der Waals surface area (Å²) in [7, 11) is 0. The van der Waals surface area contributed by atoms with Crippen LogP contribution in [0.25, 0.3) is 22.1 Å². The van der Waals surface area contributed by atoms with Crippen LogP contribution in [0.1, 0.15) is 23.0 Å². The molecule has 0 spiro atoms. The number of hydrogen-bond donors (Lipinski definition) is 0. The molecule has 1 aromatic carbocycles. The summed E-state index contributed by atoms with van der Waals surface area (Å²) in [6.45, 7) is 1.61. The highest BCUT2D eigenvalue weighted by atomic mass is 19.1. The van der Waals surface area contributed by atoms with E-state index in [1.54, 1.807) is 30.5 Å². The molecule has 0 saturated carbocycles. The molecule has 0 unspecified atom stereocenters. The number of carbonyl (C=O) groups excluding carboxylic acids is 1. The Morgan fingerprint density at radius 1 is 1.21 bits per heavy atom. The van der Waals surface area contributed by atoms with Gasteiger partial charge in [-0.1, -0.05) is 11.3 Å². The summed E-state index contributed by atoms with van der Waals surface area (Å²) in [6, 6.07) is 10.1. The number of fused-ring (bicyclic) bond motifs is 2. The van der Waals surface area contributed by atoms with Crippen molar-refractivity contribution in [3.63, 3.8) is 0 Å². The van der Waals surface area contributed by atoms with Crippen molar-refractivity contribution in [2.24, 2.45) is 0 Å². The minimum Gasteiger partial charge on any atom is -0.293 e. The Kier molecular flexibility index (Phi) is 3.26. The average Bonchev–Trinajstić information content (AvgIpc) is 2.97. The molecular weight excluding hydrogens is 309 g/mol. The fourth-order valence-electron chi connectivity index (χ4n) is 2.58. The summed E-state index contributed by atoms with van der Waals surface area (Å²) < 4.78 is 15.8. The van der Waals surface area contributed by atoms with E-state index >= 15 is 0 Å². The Labute approximate surface area is 136 Å². The average molecular weight is 321 g/mol. The Morgan fingerprint density at radius 3 is 2.92 bits per heavy atom. The molecule has 3 aromatic heterocycles. The second kappa shape index (κ2) is 5.45. The lowest BCUT2D eigenvalue weighted by molar-refractivity contribution is 0.101. The molecule has 118 valence electrons. The van der Waals surface area contributed by atoms with E-state index in [0.29, 0.717) is 27.9 Å². The SMILES string of the molecule is CC(=O)c1ccc2nnn(Cc3cc4cccnc4cc3F)c2n1. The van der Waals surface area contributed by atoms with E-state index in [1.807, 2.05) is 6.07 Å². The van der Waals surface area contributed by atoms with E-state index in [2.05, 4.69) is 20.3 Å². The Hall–Kier alpha value is -3.22. The van der Waals surface area contributed by atoms with Gasteiger partial charge in [-0.3, -0.25) is 9.78 Å². The van der Waals surface area contributed by atoms with Crippen molar-refractivity contribution in [3.8, 4) is 0 Å². The lowest BCUT2D eigenvalue weighted by atomic mass is 10.1. The zero-order valence-electron chi connectivity index (χ0n) is 12.8. The van der Waals surface area contributed by atoms with Gasteiger partial charge >= 0.3 is 0 Å². The maximum Gasteiger partial charge on any atom is 0.179 e. The molecule has 0 saturated heterocycles. The molecule has 0 fully saturated rings. The van der Waals surface area contributed by atoms with Crippen LogP contribution < -0.4 is 0 Å². The van der Waals surface area contributed by atoms with Crippen molar-refractivity contribution >= 4 is 27.9 Å². The van der Waals surface area contributed by atoms with Crippen LogP contribution in [0.2, 0.25) is 0 Å². The van der Waals surface area contributed by atoms with Gasteiger partial charge in [-0.25, -0.2) is 14.1 Å². The fourth-order valence-corrected chi connectivity index (χ4v) is 2.58. The number of benzene rings is 1. The minimum absolute atomic E-state index is 0.146. The van der Waals surface area contributed by atoms with Crippen molar-refractivity contribution in [1.82, 2.24) is 25.0 Å². The summed E-state index contributed by atoms with van der Waals surface area (Å²) in [6.07, 6.45) is 1.62.